The minimum atomic E-state index is -4.89. The van der Waals surface area contributed by atoms with E-state index < -0.39 is 25.1 Å². The molecule has 0 aromatic carbocycles. The minimum Gasteiger partial charge on any atom is -0.282 e. The van der Waals surface area contributed by atoms with Gasteiger partial charge in [0.2, 0.25) is 0 Å². The lowest BCUT2D eigenvalue weighted by molar-refractivity contribution is 0.487. The van der Waals surface area contributed by atoms with Crippen LogP contribution >= 0.6 is 0 Å². The quantitative estimate of drug-likeness (QED) is 0.449. The SMILES string of the molecule is N#CC(=CS(=O)(=O)O)S(=O)(=O)O. The molecule has 0 aliphatic heterocycles. The van der Waals surface area contributed by atoms with E-state index >= 15 is 0 Å². The summed E-state index contributed by atoms with van der Waals surface area (Å²) < 4.78 is 56.5. The fourth-order valence-corrected chi connectivity index (χ4v) is 1.57. The topological polar surface area (TPSA) is 133 Å². The highest BCUT2D eigenvalue weighted by Crippen LogP contribution is 2.03. The van der Waals surface area contributed by atoms with E-state index in [0.717, 1.165) is 6.07 Å². The van der Waals surface area contributed by atoms with Gasteiger partial charge in [-0.15, -0.1) is 0 Å². The molecule has 12 heavy (non-hydrogen) atoms. The minimum absolute atomic E-state index is 0.262. The highest BCUT2D eigenvalue weighted by atomic mass is 32.2. The number of hydrogen-bond acceptors (Lipinski definition) is 5. The van der Waals surface area contributed by atoms with Crippen molar-refractivity contribution in [2.75, 3.05) is 0 Å². The van der Waals surface area contributed by atoms with Crippen molar-refractivity contribution in [3.8, 4) is 6.07 Å². The van der Waals surface area contributed by atoms with Gasteiger partial charge < -0.3 is 0 Å². The van der Waals surface area contributed by atoms with Crippen molar-refractivity contribution in [3.05, 3.63) is 10.3 Å². The molecule has 2 N–H and O–H groups in total. The Kier molecular flexibility index (Phi) is 2.94. The Morgan fingerprint density at radius 1 is 1.25 bits per heavy atom. The highest BCUT2D eigenvalue weighted by molar-refractivity contribution is 7.93. The van der Waals surface area contributed by atoms with E-state index in [1.54, 1.807) is 0 Å². The molecule has 0 aliphatic carbocycles. The summed E-state index contributed by atoms with van der Waals surface area (Å²) in [6.07, 6.45) is 0. The number of allylic oxidation sites excluding steroid dienone is 1. The summed E-state index contributed by atoms with van der Waals surface area (Å²) in [5, 5.41) is 7.73. The maximum Gasteiger partial charge on any atom is 0.305 e. The molecule has 0 radical (unpaired) electrons. The van der Waals surface area contributed by atoms with E-state index in [4.69, 9.17) is 14.4 Å². The molecule has 68 valence electrons. The Hall–Kier alpha value is -0.950. The van der Waals surface area contributed by atoms with Crippen molar-refractivity contribution in [1.29, 1.82) is 5.26 Å². The standard InChI is InChI=1S/C3H3NO6S2/c4-1-3(12(8,9)10)2-11(5,6)7/h2H,(H,5,6,7)(H,8,9,10). The summed E-state index contributed by atoms with van der Waals surface area (Å²) in [7, 11) is -9.63. The third kappa shape index (κ3) is 4.04. The highest BCUT2D eigenvalue weighted by Gasteiger charge is 2.16. The van der Waals surface area contributed by atoms with E-state index in [-0.39, 0.29) is 5.41 Å². The third-order valence-electron chi connectivity index (χ3n) is 0.644. The average Bonchev–Trinajstić information content (AvgIpc) is 1.78. The van der Waals surface area contributed by atoms with Gasteiger partial charge >= 0.3 is 10.1 Å². The van der Waals surface area contributed by atoms with Crippen molar-refractivity contribution in [2.24, 2.45) is 0 Å². The van der Waals surface area contributed by atoms with Crippen LogP contribution in [0, 0.1) is 11.3 Å². The van der Waals surface area contributed by atoms with E-state index in [1.807, 2.05) is 0 Å². The van der Waals surface area contributed by atoms with Gasteiger partial charge in [0.15, 0.2) is 4.91 Å². The lowest BCUT2D eigenvalue weighted by atomic mass is 10.7. The normalized spacial score (nSPS) is 13.9. The van der Waals surface area contributed by atoms with Crippen LogP contribution < -0.4 is 0 Å². The van der Waals surface area contributed by atoms with Crippen molar-refractivity contribution in [1.82, 2.24) is 0 Å². The first-order chi connectivity index (χ1) is 5.17. The molecular weight excluding hydrogens is 210 g/mol. The van der Waals surface area contributed by atoms with E-state index in [1.165, 1.54) is 0 Å². The predicted octanol–water partition coefficient (Wildman–Crippen LogP) is -0.873. The maximum atomic E-state index is 10.1. The molecule has 0 rings (SSSR count). The molecule has 9 heteroatoms. The van der Waals surface area contributed by atoms with Gasteiger partial charge in [-0.3, -0.25) is 9.11 Å². The van der Waals surface area contributed by atoms with Crippen LogP contribution in [0.5, 0.6) is 0 Å². The predicted molar refractivity (Wildman–Crippen MR) is 36.8 cm³/mol. The zero-order valence-electron chi connectivity index (χ0n) is 5.37. The zero-order valence-corrected chi connectivity index (χ0v) is 7.00. The molecular formula is C3H3NO6S2. The molecule has 0 heterocycles. The molecule has 0 atom stereocenters. The van der Waals surface area contributed by atoms with E-state index in [9.17, 15) is 16.8 Å². The molecule has 0 fully saturated rings. The molecule has 0 aromatic rings. The average molecular weight is 213 g/mol. The van der Waals surface area contributed by atoms with Crippen LogP contribution in [0.15, 0.2) is 10.3 Å². The smallest absolute Gasteiger partial charge is 0.282 e. The van der Waals surface area contributed by atoms with Gasteiger partial charge in [-0.2, -0.15) is 22.1 Å². The largest absolute Gasteiger partial charge is 0.305 e. The van der Waals surface area contributed by atoms with Crippen molar-refractivity contribution in [3.63, 3.8) is 0 Å². The van der Waals surface area contributed by atoms with Crippen LogP contribution in [0.25, 0.3) is 0 Å². The summed E-state index contributed by atoms with van der Waals surface area (Å²) in [5.74, 6) is 0. The maximum absolute atomic E-state index is 10.1. The lowest BCUT2D eigenvalue weighted by Gasteiger charge is -1.89. The summed E-state index contributed by atoms with van der Waals surface area (Å²) in [6.45, 7) is 0. The summed E-state index contributed by atoms with van der Waals surface area (Å²) in [6, 6.07) is 0.883. The van der Waals surface area contributed by atoms with E-state index in [2.05, 4.69) is 0 Å². The van der Waals surface area contributed by atoms with E-state index in [0.29, 0.717) is 0 Å². The first-order valence-electron chi connectivity index (χ1n) is 2.23. The van der Waals surface area contributed by atoms with Crippen LogP contribution in [0.3, 0.4) is 0 Å². The fraction of sp³-hybridized carbons (Fsp3) is 0. The second kappa shape index (κ2) is 3.20. The van der Waals surface area contributed by atoms with Crippen molar-refractivity contribution in [2.45, 2.75) is 0 Å². The van der Waals surface area contributed by atoms with Gasteiger partial charge in [-0.1, -0.05) is 0 Å². The molecule has 7 nitrogen and oxygen atoms in total. The van der Waals surface area contributed by atoms with Crippen molar-refractivity contribution < 1.29 is 25.9 Å². The van der Waals surface area contributed by atoms with Crippen LogP contribution in [-0.4, -0.2) is 25.9 Å². The van der Waals surface area contributed by atoms with Gasteiger partial charge in [0.05, 0.1) is 5.41 Å². The Morgan fingerprint density at radius 2 is 1.67 bits per heavy atom. The number of hydrogen-bond donors (Lipinski definition) is 2. The van der Waals surface area contributed by atoms with Gasteiger partial charge in [-0.05, 0) is 0 Å². The Balaban J connectivity index is 5.44. The summed E-state index contributed by atoms with van der Waals surface area (Å²) in [4.78, 5) is -1.44. The Labute approximate surface area is 68.4 Å². The zero-order chi connectivity index (χ0) is 9.99. The molecule has 0 spiro atoms. The molecule has 0 bridgehead atoms. The summed E-state index contributed by atoms with van der Waals surface area (Å²) >= 11 is 0. The second-order valence-corrected chi connectivity index (χ2v) is 4.24. The summed E-state index contributed by atoms with van der Waals surface area (Å²) in [5.41, 5.74) is 0. The van der Waals surface area contributed by atoms with Gasteiger partial charge in [0.1, 0.15) is 6.07 Å². The molecule has 0 aromatic heterocycles. The van der Waals surface area contributed by atoms with Crippen LogP contribution in [0.2, 0.25) is 0 Å². The molecule has 0 saturated heterocycles. The first kappa shape index (κ1) is 11.1. The molecule has 0 amide bonds. The Morgan fingerprint density at radius 3 is 1.75 bits per heavy atom. The third-order valence-corrected chi connectivity index (χ3v) is 2.09. The fourth-order valence-electron chi connectivity index (χ4n) is 0.280. The monoisotopic (exact) mass is 213 g/mol. The number of nitriles is 1. The van der Waals surface area contributed by atoms with Crippen LogP contribution in [0.4, 0.5) is 0 Å². The molecule has 0 aliphatic rings. The number of nitrogens with zero attached hydrogens (tertiary/aromatic N) is 1. The molecule has 0 unspecified atom stereocenters. The first-order valence-corrected chi connectivity index (χ1v) is 5.18. The molecule has 0 saturated carbocycles. The Bertz CT molecular complexity index is 434. The lowest BCUT2D eigenvalue weighted by Crippen LogP contribution is -2.03. The van der Waals surface area contributed by atoms with Crippen LogP contribution in [0.1, 0.15) is 0 Å². The van der Waals surface area contributed by atoms with Crippen molar-refractivity contribution >= 4 is 20.2 Å². The van der Waals surface area contributed by atoms with Gasteiger partial charge in [0, 0.05) is 0 Å². The van der Waals surface area contributed by atoms with Crippen LogP contribution in [-0.2, 0) is 20.2 Å². The number of rotatable bonds is 2. The second-order valence-electron chi connectivity index (χ2n) is 1.58. The van der Waals surface area contributed by atoms with Gasteiger partial charge in [-0.25, -0.2) is 0 Å². The van der Waals surface area contributed by atoms with Gasteiger partial charge in [0.25, 0.3) is 10.1 Å².